The van der Waals surface area contributed by atoms with Gasteiger partial charge in [0, 0.05) is 23.1 Å². The van der Waals surface area contributed by atoms with E-state index in [2.05, 4.69) is 0 Å². The number of quaternary nitrogens is 1. The third-order valence-corrected chi connectivity index (χ3v) is 5.23. The number of hydrogen-bond acceptors (Lipinski definition) is 5. The SMILES string of the molecule is CCc1cc(=O)oc2c3c(ccc12)OC[NH+](Cc1ccc(OC)cc1OC)C3. The first-order valence-corrected chi connectivity index (χ1v) is 9.38. The Labute approximate surface area is 163 Å². The highest BCUT2D eigenvalue weighted by Gasteiger charge is 2.26. The van der Waals surface area contributed by atoms with Crippen LogP contribution in [0.5, 0.6) is 17.2 Å². The van der Waals surface area contributed by atoms with Crippen molar-refractivity contribution in [3.8, 4) is 17.2 Å². The second kappa shape index (κ2) is 7.56. The zero-order chi connectivity index (χ0) is 19.7. The number of aryl methyl sites for hydroxylation is 1. The molecule has 1 aliphatic heterocycles. The zero-order valence-electron chi connectivity index (χ0n) is 16.3. The molecule has 6 nitrogen and oxygen atoms in total. The largest absolute Gasteiger partial charge is 0.497 e. The van der Waals surface area contributed by atoms with Gasteiger partial charge in [-0.3, -0.25) is 4.90 Å². The Morgan fingerprint density at radius 3 is 2.68 bits per heavy atom. The van der Waals surface area contributed by atoms with Crippen LogP contribution < -0.4 is 24.7 Å². The molecule has 0 radical (unpaired) electrons. The molecule has 3 aromatic rings. The lowest BCUT2D eigenvalue weighted by atomic mass is 10.0. The summed E-state index contributed by atoms with van der Waals surface area (Å²) >= 11 is 0. The molecule has 28 heavy (non-hydrogen) atoms. The quantitative estimate of drug-likeness (QED) is 0.686. The van der Waals surface area contributed by atoms with Crippen molar-refractivity contribution in [3.05, 3.63) is 63.5 Å². The molecule has 0 aliphatic carbocycles. The van der Waals surface area contributed by atoms with E-state index in [0.29, 0.717) is 18.9 Å². The topological polar surface area (TPSA) is 62.3 Å². The lowest BCUT2D eigenvalue weighted by Crippen LogP contribution is -3.10. The number of benzene rings is 2. The van der Waals surface area contributed by atoms with Gasteiger partial charge in [-0.15, -0.1) is 0 Å². The maximum atomic E-state index is 12.0. The summed E-state index contributed by atoms with van der Waals surface area (Å²) in [7, 11) is 3.29. The van der Waals surface area contributed by atoms with E-state index >= 15 is 0 Å². The number of nitrogens with one attached hydrogen (secondary N) is 1. The molecule has 6 heteroatoms. The van der Waals surface area contributed by atoms with E-state index in [0.717, 1.165) is 52.3 Å². The predicted molar refractivity (Wildman–Crippen MR) is 105 cm³/mol. The number of rotatable bonds is 5. The van der Waals surface area contributed by atoms with Crippen molar-refractivity contribution in [2.45, 2.75) is 26.4 Å². The molecule has 0 spiro atoms. The van der Waals surface area contributed by atoms with Crippen molar-refractivity contribution < 1.29 is 23.5 Å². The molecule has 1 N–H and O–H groups in total. The minimum atomic E-state index is -0.318. The minimum absolute atomic E-state index is 0.318. The lowest BCUT2D eigenvalue weighted by molar-refractivity contribution is -0.945. The highest BCUT2D eigenvalue weighted by molar-refractivity contribution is 5.85. The summed E-state index contributed by atoms with van der Waals surface area (Å²) in [6, 6.07) is 11.4. The molecule has 1 atom stereocenters. The van der Waals surface area contributed by atoms with E-state index < -0.39 is 0 Å². The number of ether oxygens (including phenoxy) is 3. The second-order valence-electron chi connectivity index (χ2n) is 6.93. The standard InChI is InChI=1S/C22H23NO5/c1-4-14-9-21(24)28-22-17(14)7-8-19-18(22)12-23(13-27-19)11-15-5-6-16(25-2)10-20(15)26-3/h5-10H,4,11-13H2,1-3H3/p+1. The van der Waals surface area contributed by atoms with Crippen molar-refractivity contribution in [1.29, 1.82) is 0 Å². The van der Waals surface area contributed by atoms with Gasteiger partial charge in [0.2, 0.25) is 6.73 Å². The van der Waals surface area contributed by atoms with Gasteiger partial charge in [-0.25, -0.2) is 4.79 Å². The van der Waals surface area contributed by atoms with Crippen LogP contribution in [0, 0.1) is 0 Å². The predicted octanol–water partition coefficient (Wildman–Crippen LogP) is 2.31. The van der Waals surface area contributed by atoms with Gasteiger partial charge >= 0.3 is 5.63 Å². The second-order valence-corrected chi connectivity index (χ2v) is 6.93. The van der Waals surface area contributed by atoms with Crippen LogP contribution in [-0.2, 0) is 19.5 Å². The number of methoxy groups -OCH3 is 2. The van der Waals surface area contributed by atoms with Crippen LogP contribution in [0.3, 0.4) is 0 Å². The molecular formula is C22H24NO5+. The van der Waals surface area contributed by atoms with Crippen molar-refractivity contribution in [2.75, 3.05) is 21.0 Å². The molecule has 0 saturated carbocycles. The molecule has 0 bridgehead atoms. The van der Waals surface area contributed by atoms with E-state index in [4.69, 9.17) is 18.6 Å². The summed E-state index contributed by atoms with van der Waals surface area (Å²) < 4.78 is 22.4. The Bertz CT molecular complexity index is 1070. The summed E-state index contributed by atoms with van der Waals surface area (Å²) in [5.41, 5.74) is 3.33. The van der Waals surface area contributed by atoms with Crippen molar-refractivity contribution in [1.82, 2.24) is 0 Å². The Kier molecular flexibility index (Phi) is 4.96. The smallest absolute Gasteiger partial charge is 0.336 e. The van der Waals surface area contributed by atoms with Crippen LogP contribution in [0.4, 0.5) is 0 Å². The van der Waals surface area contributed by atoms with E-state index in [1.165, 1.54) is 4.90 Å². The van der Waals surface area contributed by atoms with Gasteiger partial charge in [0.05, 0.1) is 19.8 Å². The van der Waals surface area contributed by atoms with Crippen LogP contribution in [0.15, 0.2) is 45.6 Å². The maximum absolute atomic E-state index is 12.0. The summed E-state index contributed by atoms with van der Waals surface area (Å²) in [6.45, 7) is 4.00. The van der Waals surface area contributed by atoms with Crippen LogP contribution in [0.25, 0.3) is 11.0 Å². The monoisotopic (exact) mass is 382 g/mol. The number of fused-ring (bicyclic) bond motifs is 3. The third-order valence-electron chi connectivity index (χ3n) is 5.23. The van der Waals surface area contributed by atoms with Gasteiger partial charge in [-0.2, -0.15) is 0 Å². The molecule has 2 aromatic carbocycles. The average Bonchev–Trinajstić information content (AvgIpc) is 2.73. The fraction of sp³-hybridized carbons (Fsp3) is 0.318. The number of hydrogen-bond donors (Lipinski definition) is 1. The highest BCUT2D eigenvalue weighted by Crippen LogP contribution is 2.30. The van der Waals surface area contributed by atoms with Gasteiger partial charge in [0.1, 0.15) is 30.3 Å². The summed E-state index contributed by atoms with van der Waals surface area (Å²) in [5, 5.41) is 0.979. The van der Waals surface area contributed by atoms with E-state index in [1.54, 1.807) is 20.3 Å². The van der Waals surface area contributed by atoms with Crippen molar-refractivity contribution >= 4 is 11.0 Å². The molecular weight excluding hydrogens is 358 g/mol. The molecule has 0 amide bonds. The van der Waals surface area contributed by atoms with Gasteiger partial charge < -0.3 is 18.6 Å². The van der Waals surface area contributed by atoms with Gasteiger partial charge in [0.15, 0.2) is 5.58 Å². The van der Waals surface area contributed by atoms with Crippen LogP contribution in [-0.4, -0.2) is 21.0 Å². The van der Waals surface area contributed by atoms with Crippen molar-refractivity contribution in [2.24, 2.45) is 0 Å². The molecule has 0 saturated heterocycles. The van der Waals surface area contributed by atoms with Crippen LogP contribution in [0.2, 0.25) is 0 Å². The first-order chi connectivity index (χ1) is 13.6. The highest BCUT2D eigenvalue weighted by atomic mass is 16.5. The lowest BCUT2D eigenvalue weighted by Gasteiger charge is -2.27. The average molecular weight is 382 g/mol. The van der Waals surface area contributed by atoms with E-state index in [1.807, 2.05) is 37.3 Å². The Hall–Kier alpha value is -2.99. The normalized spacial score (nSPS) is 15.8. The Balaban J connectivity index is 1.68. The van der Waals surface area contributed by atoms with Crippen LogP contribution in [0.1, 0.15) is 23.6 Å². The molecule has 2 heterocycles. The Morgan fingerprint density at radius 2 is 1.93 bits per heavy atom. The fourth-order valence-electron chi connectivity index (χ4n) is 3.79. The van der Waals surface area contributed by atoms with Crippen LogP contribution >= 0.6 is 0 Å². The molecule has 1 unspecified atom stereocenters. The Morgan fingerprint density at radius 1 is 1.07 bits per heavy atom. The first kappa shape index (κ1) is 18.4. The summed E-state index contributed by atoms with van der Waals surface area (Å²) in [5.74, 6) is 2.33. The minimum Gasteiger partial charge on any atom is -0.497 e. The third kappa shape index (κ3) is 3.31. The molecule has 1 aromatic heterocycles. The first-order valence-electron chi connectivity index (χ1n) is 9.38. The van der Waals surface area contributed by atoms with Gasteiger partial charge in [0.25, 0.3) is 0 Å². The van der Waals surface area contributed by atoms with Crippen molar-refractivity contribution in [3.63, 3.8) is 0 Å². The van der Waals surface area contributed by atoms with Gasteiger partial charge in [-0.1, -0.05) is 6.92 Å². The molecule has 1 aliphatic rings. The molecule has 4 rings (SSSR count). The maximum Gasteiger partial charge on any atom is 0.336 e. The summed E-state index contributed by atoms with van der Waals surface area (Å²) in [6.07, 6.45) is 0.779. The van der Waals surface area contributed by atoms with Gasteiger partial charge in [-0.05, 0) is 36.2 Å². The summed E-state index contributed by atoms with van der Waals surface area (Å²) in [4.78, 5) is 13.2. The fourth-order valence-corrected chi connectivity index (χ4v) is 3.79. The van der Waals surface area contributed by atoms with E-state index in [-0.39, 0.29) is 5.63 Å². The van der Waals surface area contributed by atoms with E-state index in [9.17, 15) is 4.79 Å². The molecule has 146 valence electrons. The zero-order valence-corrected chi connectivity index (χ0v) is 16.3. The molecule has 0 fully saturated rings.